The number of anilines is 1. The second-order valence-corrected chi connectivity index (χ2v) is 10.7. The van der Waals surface area contributed by atoms with Crippen molar-refractivity contribution in [1.29, 1.82) is 0 Å². The Kier molecular flexibility index (Phi) is 7.41. The molecule has 3 nitrogen and oxygen atoms in total. The van der Waals surface area contributed by atoms with Gasteiger partial charge in [-0.15, -0.1) is 0 Å². The lowest BCUT2D eigenvalue weighted by molar-refractivity contribution is 0.00790. The number of allylic oxidation sites excluding steroid dienone is 3. The van der Waals surface area contributed by atoms with E-state index < -0.39 is 0 Å². The molecule has 2 saturated heterocycles. The van der Waals surface area contributed by atoms with Crippen LogP contribution in [0.25, 0.3) is 12.2 Å². The molecule has 0 bridgehead atoms. The lowest BCUT2D eigenvalue weighted by atomic mass is 9.82. The SMILES string of the molecule is C=C1COC2(CCN(c3nc(=C)/c(=C(\C(CC)CC)C4CCCC4)s3)CC2)/C1=C/C=C\C. The Bertz CT molecular complexity index is 979. The molecule has 1 aromatic heterocycles. The highest BCUT2D eigenvalue weighted by Gasteiger charge is 2.44. The van der Waals surface area contributed by atoms with Gasteiger partial charge < -0.3 is 9.64 Å². The van der Waals surface area contributed by atoms with E-state index in [-0.39, 0.29) is 5.60 Å². The van der Waals surface area contributed by atoms with Gasteiger partial charge in [-0.1, -0.05) is 69.4 Å². The Morgan fingerprint density at radius 2 is 1.91 bits per heavy atom. The van der Waals surface area contributed by atoms with Crippen LogP contribution in [0.15, 0.2) is 36.0 Å². The number of hydrogen-bond donors (Lipinski definition) is 0. The molecular formula is C28H40N2OS. The number of aromatic nitrogens is 1. The van der Waals surface area contributed by atoms with Crippen molar-refractivity contribution in [2.45, 2.75) is 77.7 Å². The lowest BCUT2D eigenvalue weighted by Gasteiger charge is -2.39. The van der Waals surface area contributed by atoms with E-state index in [9.17, 15) is 0 Å². The van der Waals surface area contributed by atoms with E-state index in [4.69, 9.17) is 9.72 Å². The summed E-state index contributed by atoms with van der Waals surface area (Å²) < 4.78 is 7.71. The minimum atomic E-state index is -0.170. The molecule has 3 fully saturated rings. The van der Waals surface area contributed by atoms with Crippen molar-refractivity contribution in [2.75, 3.05) is 24.6 Å². The van der Waals surface area contributed by atoms with Crippen LogP contribution in [0, 0.1) is 11.8 Å². The van der Waals surface area contributed by atoms with Gasteiger partial charge in [0.2, 0.25) is 0 Å². The van der Waals surface area contributed by atoms with Crippen molar-refractivity contribution in [3.63, 3.8) is 0 Å². The molecule has 0 unspecified atom stereocenters. The van der Waals surface area contributed by atoms with Gasteiger partial charge in [-0.05, 0) is 74.0 Å². The number of rotatable bonds is 6. The molecule has 4 heteroatoms. The van der Waals surface area contributed by atoms with Crippen LogP contribution in [0.3, 0.4) is 0 Å². The van der Waals surface area contributed by atoms with E-state index in [0.29, 0.717) is 12.5 Å². The molecule has 3 heterocycles. The van der Waals surface area contributed by atoms with Gasteiger partial charge in [-0.3, -0.25) is 0 Å². The molecule has 4 rings (SSSR count). The first-order valence-corrected chi connectivity index (χ1v) is 13.4. The molecule has 0 N–H and O–H groups in total. The van der Waals surface area contributed by atoms with Gasteiger partial charge in [0, 0.05) is 13.1 Å². The summed E-state index contributed by atoms with van der Waals surface area (Å²) in [4.78, 5) is 7.47. The van der Waals surface area contributed by atoms with Crippen molar-refractivity contribution in [1.82, 2.24) is 4.98 Å². The summed E-state index contributed by atoms with van der Waals surface area (Å²) in [7, 11) is 0. The molecule has 32 heavy (non-hydrogen) atoms. The maximum atomic E-state index is 6.32. The average molecular weight is 453 g/mol. The predicted molar refractivity (Wildman–Crippen MR) is 138 cm³/mol. The van der Waals surface area contributed by atoms with Gasteiger partial charge in [0.25, 0.3) is 0 Å². The average Bonchev–Trinajstić information content (AvgIpc) is 3.53. The molecule has 0 aromatic carbocycles. The smallest absolute Gasteiger partial charge is 0.186 e. The zero-order valence-corrected chi connectivity index (χ0v) is 21.1. The molecule has 3 aliphatic rings. The summed E-state index contributed by atoms with van der Waals surface area (Å²) in [5.41, 5.74) is 3.92. The van der Waals surface area contributed by atoms with Crippen LogP contribution in [-0.4, -0.2) is 30.3 Å². The number of ether oxygens (including phenoxy) is 1. The molecule has 2 aliphatic heterocycles. The van der Waals surface area contributed by atoms with Crippen molar-refractivity contribution >= 4 is 28.6 Å². The summed E-state index contributed by atoms with van der Waals surface area (Å²) in [5.74, 6) is 1.39. The number of thiazole rings is 1. The topological polar surface area (TPSA) is 25.4 Å². The van der Waals surface area contributed by atoms with Crippen LogP contribution in [0.5, 0.6) is 0 Å². The Balaban J connectivity index is 1.61. The van der Waals surface area contributed by atoms with Gasteiger partial charge in [0.1, 0.15) is 0 Å². The monoisotopic (exact) mass is 452 g/mol. The predicted octanol–water partition coefficient (Wildman–Crippen LogP) is 5.76. The molecular weight excluding hydrogens is 412 g/mol. The fourth-order valence-electron chi connectivity index (χ4n) is 6.01. The van der Waals surface area contributed by atoms with Gasteiger partial charge in [-0.2, -0.15) is 0 Å². The first-order chi connectivity index (χ1) is 15.5. The van der Waals surface area contributed by atoms with Crippen LogP contribution in [0.2, 0.25) is 0 Å². The van der Waals surface area contributed by atoms with Crippen LogP contribution in [-0.2, 0) is 4.74 Å². The van der Waals surface area contributed by atoms with Gasteiger partial charge in [-0.25, -0.2) is 4.98 Å². The molecule has 174 valence electrons. The maximum absolute atomic E-state index is 6.32. The first kappa shape index (κ1) is 23.5. The van der Waals surface area contributed by atoms with Gasteiger partial charge in [0.15, 0.2) is 5.13 Å². The van der Waals surface area contributed by atoms with Crippen LogP contribution in [0.4, 0.5) is 5.13 Å². The van der Waals surface area contributed by atoms with Gasteiger partial charge in [0.05, 0.1) is 22.1 Å². The van der Waals surface area contributed by atoms with E-state index in [1.807, 2.05) is 11.3 Å². The zero-order valence-electron chi connectivity index (χ0n) is 20.3. The highest BCUT2D eigenvalue weighted by molar-refractivity contribution is 7.13. The third kappa shape index (κ3) is 4.41. The fourth-order valence-corrected chi connectivity index (χ4v) is 7.27. The third-order valence-electron chi connectivity index (χ3n) is 7.86. The summed E-state index contributed by atoms with van der Waals surface area (Å²) in [5, 5.41) is 2.15. The van der Waals surface area contributed by atoms with E-state index in [1.165, 1.54) is 48.6 Å². The minimum absolute atomic E-state index is 0.170. The Hall–Kier alpha value is -1.65. The molecule has 1 aliphatic carbocycles. The summed E-state index contributed by atoms with van der Waals surface area (Å²) in [6, 6.07) is 0. The second-order valence-electron chi connectivity index (χ2n) is 9.70. The standard InChI is InChI=1S/C28H40N2OS/c1-6-9-14-24-20(4)19-31-28(24)15-17-30(18-16-28)27-29-21(5)26(32-27)25(22(7-2)8-3)23-12-10-11-13-23/h6,9,14,22-23H,4-5,7-8,10-13,15-19H2,1-3H3/b9-6-,24-14+,26-25-. The maximum Gasteiger partial charge on any atom is 0.186 e. The molecule has 1 aromatic rings. The second kappa shape index (κ2) is 10.1. The molecule has 1 spiro atoms. The van der Waals surface area contributed by atoms with E-state index in [2.05, 4.69) is 57.1 Å². The quantitative estimate of drug-likeness (QED) is 0.549. The Labute approximate surface area is 198 Å². The number of hydrogen-bond acceptors (Lipinski definition) is 4. The largest absolute Gasteiger partial charge is 0.365 e. The van der Waals surface area contributed by atoms with E-state index in [1.54, 1.807) is 5.57 Å². The molecule has 0 amide bonds. The Morgan fingerprint density at radius 1 is 1.22 bits per heavy atom. The highest BCUT2D eigenvalue weighted by Crippen LogP contribution is 2.43. The lowest BCUT2D eigenvalue weighted by Crippen LogP contribution is -2.45. The summed E-state index contributed by atoms with van der Waals surface area (Å²) in [6.45, 7) is 18.0. The third-order valence-corrected chi connectivity index (χ3v) is 9.07. The first-order valence-electron chi connectivity index (χ1n) is 12.6. The van der Waals surface area contributed by atoms with E-state index in [0.717, 1.165) is 47.9 Å². The van der Waals surface area contributed by atoms with Crippen LogP contribution >= 0.6 is 11.3 Å². The fraction of sp³-hybridized carbons (Fsp3) is 0.607. The number of piperidine rings is 1. The van der Waals surface area contributed by atoms with Crippen molar-refractivity contribution < 1.29 is 4.74 Å². The Morgan fingerprint density at radius 3 is 2.53 bits per heavy atom. The highest BCUT2D eigenvalue weighted by atomic mass is 32.1. The molecule has 0 radical (unpaired) electrons. The summed E-state index contributed by atoms with van der Waals surface area (Å²) >= 11 is 1.90. The number of nitrogens with zero attached hydrogens (tertiary/aromatic N) is 2. The normalized spacial score (nSPS) is 24.1. The van der Waals surface area contributed by atoms with Crippen molar-refractivity contribution in [2.24, 2.45) is 11.8 Å². The van der Waals surface area contributed by atoms with Crippen molar-refractivity contribution in [3.05, 3.63) is 45.8 Å². The van der Waals surface area contributed by atoms with E-state index >= 15 is 0 Å². The summed E-state index contributed by atoms with van der Waals surface area (Å²) in [6.07, 6.45) is 16.2. The van der Waals surface area contributed by atoms with Crippen LogP contribution < -0.4 is 14.8 Å². The van der Waals surface area contributed by atoms with Gasteiger partial charge >= 0.3 is 0 Å². The van der Waals surface area contributed by atoms with Crippen LogP contribution in [0.1, 0.15) is 72.1 Å². The van der Waals surface area contributed by atoms with Crippen molar-refractivity contribution in [3.8, 4) is 0 Å². The minimum Gasteiger partial charge on any atom is -0.365 e. The zero-order chi connectivity index (χ0) is 22.7. The molecule has 0 atom stereocenters. The molecule has 1 saturated carbocycles.